The number of aromatic hydroxyl groups is 1. The van der Waals surface area contributed by atoms with Crippen molar-refractivity contribution < 1.29 is 14.6 Å². The van der Waals surface area contributed by atoms with Crippen molar-refractivity contribution in [3.8, 4) is 11.5 Å². The highest BCUT2D eigenvalue weighted by Gasteiger charge is 2.22. The average Bonchev–Trinajstić information content (AvgIpc) is 2.71. The van der Waals surface area contributed by atoms with E-state index in [1.807, 2.05) is 6.07 Å². The van der Waals surface area contributed by atoms with Crippen molar-refractivity contribution in [3.05, 3.63) is 59.2 Å². The zero-order valence-corrected chi connectivity index (χ0v) is 17.5. The first kappa shape index (κ1) is 21.0. The first-order valence-corrected chi connectivity index (χ1v) is 10.1. The van der Waals surface area contributed by atoms with Gasteiger partial charge in [-0.05, 0) is 48.6 Å². The van der Waals surface area contributed by atoms with Crippen LogP contribution < -0.4 is 10.1 Å². The molecule has 156 valence electrons. The van der Waals surface area contributed by atoms with E-state index < -0.39 is 0 Å². The van der Waals surface area contributed by atoms with Crippen LogP contribution in [0.25, 0.3) is 0 Å². The molecule has 6 heteroatoms. The Morgan fingerprint density at radius 2 is 1.97 bits per heavy atom. The minimum atomic E-state index is -0.0855. The molecular formula is C23H31N3O3. The summed E-state index contributed by atoms with van der Waals surface area (Å²) in [5, 5.41) is 13.0. The number of benzene rings is 2. The molecule has 2 aromatic rings. The Bertz CT molecular complexity index is 832. The molecule has 0 bridgehead atoms. The molecule has 0 radical (unpaired) electrons. The molecular weight excluding hydrogens is 366 g/mol. The number of rotatable bonds is 6. The minimum Gasteiger partial charge on any atom is -0.504 e. The number of nitrogens with zero attached hydrogens (tertiary/aromatic N) is 2. The summed E-state index contributed by atoms with van der Waals surface area (Å²) in [6.45, 7) is 5.51. The number of nitrogens with one attached hydrogen (secondary N) is 1. The smallest absolute Gasteiger partial charge is 0.317 e. The molecule has 3 rings (SSSR count). The third-order valence-corrected chi connectivity index (χ3v) is 5.58. The molecule has 1 heterocycles. The van der Waals surface area contributed by atoms with E-state index in [0.29, 0.717) is 12.3 Å². The van der Waals surface area contributed by atoms with Crippen molar-refractivity contribution in [1.82, 2.24) is 15.1 Å². The summed E-state index contributed by atoms with van der Waals surface area (Å²) in [5.41, 5.74) is 3.56. The molecule has 2 aromatic carbocycles. The van der Waals surface area contributed by atoms with Gasteiger partial charge in [-0.1, -0.05) is 30.3 Å². The van der Waals surface area contributed by atoms with Crippen molar-refractivity contribution in [2.45, 2.75) is 38.9 Å². The van der Waals surface area contributed by atoms with Crippen LogP contribution in [0.5, 0.6) is 11.5 Å². The Kier molecular flexibility index (Phi) is 6.99. The fourth-order valence-corrected chi connectivity index (χ4v) is 3.73. The van der Waals surface area contributed by atoms with Gasteiger partial charge in [0, 0.05) is 39.3 Å². The molecule has 1 fully saturated rings. The van der Waals surface area contributed by atoms with E-state index in [4.69, 9.17) is 4.74 Å². The van der Waals surface area contributed by atoms with Crippen LogP contribution in [0.1, 0.15) is 29.5 Å². The number of carbonyl (C=O) groups is 1. The molecule has 1 saturated heterocycles. The van der Waals surface area contributed by atoms with Crippen molar-refractivity contribution >= 4 is 6.03 Å². The van der Waals surface area contributed by atoms with Gasteiger partial charge in [-0.3, -0.25) is 4.90 Å². The van der Waals surface area contributed by atoms with Gasteiger partial charge in [-0.2, -0.15) is 0 Å². The van der Waals surface area contributed by atoms with E-state index in [9.17, 15) is 9.90 Å². The van der Waals surface area contributed by atoms with E-state index in [0.717, 1.165) is 38.0 Å². The third kappa shape index (κ3) is 5.64. The Labute approximate surface area is 173 Å². The molecule has 2 amide bonds. The Hall–Kier alpha value is -2.73. The number of piperidine rings is 1. The largest absolute Gasteiger partial charge is 0.504 e. The van der Waals surface area contributed by atoms with Crippen LogP contribution in [0, 0.1) is 6.92 Å². The highest BCUT2D eigenvalue weighted by molar-refractivity contribution is 5.74. The first-order valence-electron chi connectivity index (χ1n) is 10.1. The maximum absolute atomic E-state index is 12.6. The number of urea groups is 1. The van der Waals surface area contributed by atoms with Crippen LogP contribution in [-0.4, -0.2) is 54.2 Å². The van der Waals surface area contributed by atoms with Crippen LogP contribution in [0.15, 0.2) is 42.5 Å². The topological polar surface area (TPSA) is 65.0 Å². The summed E-state index contributed by atoms with van der Waals surface area (Å²) >= 11 is 0. The number of aryl methyl sites for hydroxylation is 1. The summed E-state index contributed by atoms with van der Waals surface area (Å²) in [4.78, 5) is 16.6. The van der Waals surface area contributed by atoms with Crippen LogP contribution in [0.4, 0.5) is 4.79 Å². The molecule has 1 aliphatic heterocycles. The van der Waals surface area contributed by atoms with Gasteiger partial charge < -0.3 is 20.1 Å². The molecule has 0 saturated carbocycles. The number of methoxy groups -OCH3 is 1. The van der Waals surface area contributed by atoms with Crippen molar-refractivity contribution in [3.63, 3.8) is 0 Å². The van der Waals surface area contributed by atoms with Crippen LogP contribution >= 0.6 is 0 Å². The maximum atomic E-state index is 12.6. The number of hydrogen-bond donors (Lipinski definition) is 2. The van der Waals surface area contributed by atoms with Gasteiger partial charge in [-0.25, -0.2) is 4.79 Å². The van der Waals surface area contributed by atoms with Crippen LogP contribution in [0.3, 0.4) is 0 Å². The Morgan fingerprint density at radius 1 is 1.24 bits per heavy atom. The molecule has 29 heavy (non-hydrogen) atoms. The molecule has 6 nitrogen and oxygen atoms in total. The lowest BCUT2D eigenvalue weighted by molar-refractivity contribution is 0.173. The lowest BCUT2D eigenvalue weighted by atomic mass is 10.0. The lowest BCUT2D eigenvalue weighted by Gasteiger charge is -2.33. The molecule has 0 spiro atoms. The summed E-state index contributed by atoms with van der Waals surface area (Å²) in [6.07, 6.45) is 1.91. The summed E-state index contributed by atoms with van der Waals surface area (Å²) < 4.78 is 5.06. The highest BCUT2D eigenvalue weighted by atomic mass is 16.5. The Balaban J connectivity index is 1.45. The summed E-state index contributed by atoms with van der Waals surface area (Å²) in [5.74, 6) is 0.512. The van der Waals surface area contributed by atoms with E-state index in [1.54, 1.807) is 24.1 Å². The number of phenols is 1. The molecule has 0 unspecified atom stereocenters. The van der Waals surface area contributed by atoms with E-state index in [1.165, 1.54) is 18.2 Å². The normalized spacial score (nSPS) is 15.1. The van der Waals surface area contributed by atoms with Crippen LogP contribution in [-0.2, 0) is 13.1 Å². The van der Waals surface area contributed by atoms with Crippen molar-refractivity contribution in [1.29, 1.82) is 0 Å². The fraction of sp³-hybridized carbons (Fsp3) is 0.435. The van der Waals surface area contributed by atoms with Gasteiger partial charge in [-0.15, -0.1) is 0 Å². The molecule has 1 aliphatic rings. The first-order chi connectivity index (χ1) is 14.0. The standard InChI is InChI=1S/C23H31N3O3/c1-17-6-4-5-7-19(17)16-26-12-10-20(11-13-26)24-23(28)25(2)15-18-8-9-22(29-3)21(27)14-18/h4-9,14,20,27H,10-13,15-16H2,1-3H3,(H,24,28). The number of ether oxygens (including phenoxy) is 1. The van der Waals surface area contributed by atoms with Gasteiger partial charge in [0.1, 0.15) is 0 Å². The van der Waals surface area contributed by atoms with Gasteiger partial charge in [0.05, 0.1) is 7.11 Å². The van der Waals surface area contributed by atoms with Gasteiger partial charge in [0.15, 0.2) is 11.5 Å². The molecule has 0 aromatic heterocycles. The summed E-state index contributed by atoms with van der Waals surface area (Å²) in [7, 11) is 3.28. The van der Waals surface area contributed by atoms with E-state index >= 15 is 0 Å². The second-order valence-electron chi connectivity index (χ2n) is 7.79. The van der Waals surface area contributed by atoms with E-state index in [2.05, 4.69) is 41.4 Å². The summed E-state index contributed by atoms with van der Waals surface area (Å²) in [6, 6.07) is 13.8. The van der Waals surface area contributed by atoms with E-state index in [-0.39, 0.29) is 17.8 Å². The number of phenolic OH excluding ortho intramolecular Hbond substituents is 1. The predicted molar refractivity (Wildman–Crippen MR) is 114 cm³/mol. The van der Waals surface area contributed by atoms with Crippen LogP contribution in [0.2, 0.25) is 0 Å². The second kappa shape index (κ2) is 9.65. The van der Waals surface area contributed by atoms with Crippen molar-refractivity contribution in [2.24, 2.45) is 0 Å². The number of hydrogen-bond acceptors (Lipinski definition) is 4. The molecule has 0 atom stereocenters. The quantitative estimate of drug-likeness (QED) is 0.783. The Morgan fingerprint density at radius 3 is 2.62 bits per heavy atom. The minimum absolute atomic E-state index is 0.0832. The zero-order chi connectivity index (χ0) is 20.8. The number of likely N-dealkylation sites (tertiary alicyclic amines) is 1. The van der Waals surface area contributed by atoms with Gasteiger partial charge >= 0.3 is 6.03 Å². The third-order valence-electron chi connectivity index (χ3n) is 5.58. The van der Waals surface area contributed by atoms with Gasteiger partial charge in [0.25, 0.3) is 0 Å². The number of carbonyl (C=O) groups excluding carboxylic acids is 1. The lowest BCUT2D eigenvalue weighted by Crippen LogP contribution is -2.48. The highest BCUT2D eigenvalue weighted by Crippen LogP contribution is 2.26. The SMILES string of the molecule is COc1ccc(CN(C)C(=O)NC2CCN(Cc3ccccc3C)CC2)cc1O. The monoisotopic (exact) mass is 397 g/mol. The fourth-order valence-electron chi connectivity index (χ4n) is 3.73. The van der Waals surface area contributed by atoms with Crippen molar-refractivity contribution in [2.75, 3.05) is 27.2 Å². The molecule has 2 N–H and O–H groups in total. The predicted octanol–water partition coefficient (Wildman–Crippen LogP) is 3.52. The second-order valence-corrected chi connectivity index (χ2v) is 7.79. The average molecular weight is 398 g/mol. The molecule has 0 aliphatic carbocycles. The van der Waals surface area contributed by atoms with Gasteiger partial charge in [0.2, 0.25) is 0 Å². The maximum Gasteiger partial charge on any atom is 0.317 e. The zero-order valence-electron chi connectivity index (χ0n) is 17.5. The number of amides is 2.